The van der Waals surface area contributed by atoms with E-state index in [1.807, 2.05) is 0 Å². The van der Waals surface area contributed by atoms with E-state index in [0.717, 1.165) is 19.4 Å². The zero-order valence-corrected chi connectivity index (χ0v) is 12.9. The predicted molar refractivity (Wildman–Crippen MR) is 80.3 cm³/mol. The number of ether oxygens (including phenoxy) is 3. The van der Waals surface area contributed by atoms with Crippen molar-refractivity contribution >= 4 is 5.97 Å². The molecule has 0 amide bonds. The van der Waals surface area contributed by atoms with E-state index in [9.17, 15) is 4.79 Å². The van der Waals surface area contributed by atoms with E-state index in [-0.39, 0.29) is 6.54 Å². The minimum Gasteiger partial charge on any atom is -0.480 e. The standard InChI is InChI=1S/C15H27NO5/c1-3-5-8-19-10-12-21-13-11-20-9-7-16(6-4-2)14-15(17)18/h2H,3,5-14H2,1H3,(H,17,18). The van der Waals surface area contributed by atoms with E-state index in [2.05, 4.69) is 12.8 Å². The van der Waals surface area contributed by atoms with Crippen LogP contribution in [0, 0.1) is 12.3 Å². The lowest BCUT2D eigenvalue weighted by Crippen LogP contribution is -2.33. The van der Waals surface area contributed by atoms with Crippen LogP contribution in [-0.2, 0) is 19.0 Å². The molecule has 0 aromatic rings. The second kappa shape index (κ2) is 15.3. The van der Waals surface area contributed by atoms with Gasteiger partial charge in [-0.05, 0) is 6.42 Å². The third-order valence-corrected chi connectivity index (χ3v) is 2.61. The highest BCUT2D eigenvalue weighted by molar-refractivity contribution is 5.69. The van der Waals surface area contributed by atoms with Crippen LogP contribution in [0.3, 0.4) is 0 Å². The SMILES string of the molecule is C#CCN(CCOCCOCCOCCCC)CC(=O)O. The molecular weight excluding hydrogens is 274 g/mol. The number of unbranched alkanes of at least 4 members (excludes halogenated alkanes) is 1. The first kappa shape index (κ1) is 19.9. The summed E-state index contributed by atoms with van der Waals surface area (Å²) in [7, 11) is 0. The van der Waals surface area contributed by atoms with Crippen molar-refractivity contribution in [2.24, 2.45) is 0 Å². The van der Waals surface area contributed by atoms with Crippen molar-refractivity contribution in [1.29, 1.82) is 0 Å². The van der Waals surface area contributed by atoms with Crippen LogP contribution in [0.25, 0.3) is 0 Å². The van der Waals surface area contributed by atoms with Crippen molar-refractivity contribution < 1.29 is 24.1 Å². The summed E-state index contributed by atoms with van der Waals surface area (Å²) in [5, 5.41) is 8.70. The molecule has 0 aromatic heterocycles. The van der Waals surface area contributed by atoms with Crippen molar-refractivity contribution in [3.05, 3.63) is 0 Å². The van der Waals surface area contributed by atoms with Gasteiger partial charge in [0.1, 0.15) is 0 Å². The molecule has 0 atom stereocenters. The molecule has 0 aromatic carbocycles. The fourth-order valence-corrected chi connectivity index (χ4v) is 1.52. The zero-order chi connectivity index (χ0) is 15.8. The van der Waals surface area contributed by atoms with Gasteiger partial charge < -0.3 is 19.3 Å². The van der Waals surface area contributed by atoms with Crippen LogP contribution in [0.2, 0.25) is 0 Å². The molecule has 122 valence electrons. The third-order valence-electron chi connectivity index (χ3n) is 2.61. The Balaban J connectivity index is 3.33. The van der Waals surface area contributed by atoms with Gasteiger partial charge in [0.05, 0.1) is 46.1 Å². The number of nitrogens with zero attached hydrogens (tertiary/aromatic N) is 1. The molecule has 0 aliphatic carbocycles. The molecule has 21 heavy (non-hydrogen) atoms. The maximum atomic E-state index is 10.6. The average molecular weight is 301 g/mol. The van der Waals surface area contributed by atoms with Crippen molar-refractivity contribution in [3.8, 4) is 12.3 Å². The van der Waals surface area contributed by atoms with Crippen LogP contribution in [0.15, 0.2) is 0 Å². The van der Waals surface area contributed by atoms with Crippen LogP contribution in [-0.4, -0.2) is 75.3 Å². The van der Waals surface area contributed by atoms with Crippen LogP contribution >= 0.6 is 0 Å². The molecular formula is C15H27NO5. The minimum absolute atomic E-state index is 0.0703. The normalized spacial score (nSPS) is 10.7. The second-order valence-corrected chi connectivity index (χ2v) is 4.50. The Kier molecular flexibility index (Phi) is 14.4. The van der Waals surface area contributed by atoms with E-state index >= 15 is 0 Å². The Bertz CT molecular complexity index is 290. The minimum atomic E-state index is -0.892. The maximum absolute atomic E-state index is 10.6. The first-order valence-electron chi connectivity index (χ1n) is 7.31. The molecule has 0 saturated heterocycles. The first-order valence-corrected chi connectivity index (χ1v) is 7.31. The summed E-state index contributed by atoms with van der Waals surface area (Å²) >= 11 is 0. The number of hydrogen-bond donors (Lipinski definition) is 1. The highest BCUT2D eigenvalue weighted by Crippen LogP contribution is 1.90. The summed E-state index contributed by atoms with van der Waals surface area (Å²) in [6, 6.07) is 0. The highest BCUT2D eigenvalue weighted by Gasteiger charge is 2.07. The molecule has 6 nitrogen and oxygen atoms in total. The summed E-state index contributed by atoms with van der Waals surface area (Å²) in [6.45, 7) is 6.23. The van der Waals surface area contributed by atoms with Crippen LogP contribution in [0.1, 0.15) is 19.8 Å². The largest absolute Gasteiger partial charge is 0.480 e. The van der Waals surface area contributed by atoms with Gasteiger partial charge in [-0.15, -0.1) is 6.42 Å². The van der Waals surface area contributed by atoms with Gasteiger partial charge in [-0.3, -0.25) is 9.69 Å². The summed E-state index contributed by atoms with van der Waals surface area (Å²) in [5.41, 5.74) is 0. The number of hydrogen-bond acceptors (Lipinski definition) is 5. The molecule has 0 unspecified atom stereocenters. The van der Waals surface area contributed by atoms with Crippen LogP contribution in [0.4, 0.5) is 0 Å². The van der Waals surface area contributed by atoms with Crippen molar-refractivity contribution in [2.45, 2.75) is 19.8 Å². The van der Waals surface area contributed by atoms with Gasteiger partial charge in [-0.1, -0.05) is 19.3 Å². The molecule has 0 fully saturated rings. The van der Waals surface area contributed by atoms with Crippen molar-refractivity contribution in [2.75, 3.05) is 59.3 Å². The Hall–Kier alpha value is -1.13. The summed E-state index contributed by atoms with van der Waals surface area (Å²) in [4.78, 5) is 12.2. The lowest BCUT2D eigenvalue weighted by Gasteiger charge is -2.17. The summed E-state index contributed by atoms with van der Waals surface area (Å²) in [5.74, 6) is 1.54. The van der Waals surface area contributed by atoms with E-state index in [0.29, 0.717) is 46.1 Å². The molecule has 6 heteroatoms. The van der Waals surface area contributed by atoms with Crippen molar-refractivity contribution in [1.82, 2.24) is 4.90 Å². The third kappa shape index (κ3) is 15.1. The van der Waals surface area contributed by atoms with E-state index in [4.69, 9.17) is 25.7 Å². The lowest BCUT2D eigenvalue weighted by molar-refractivity contribution is -0.138. The van der Waals surface area contributed by atoms with Gasteiger partial charge in [0.15, 0.2) is 0 Å². The number of carbonyl (C=O) groups is 1. The van der Waals surface area contributed by atoms with Gasteiger partial charge in [0.2, 0.25) is 0 Å². The van der Waals surface area contributed by atoms with Gasteiger partial charge in [0.25, 0.3) is 0 Å². The molecule has 0 saturated carbocycles. The van der Waals surface area contributed by atoms with Gasteiger partial charge >= 0.3 is 5.97 Å². The Morgan fingerprint density at radius 2 is 1.67 bits per heavy atom. The number of carboxylic acid groups (broad SMARTS) is 1. The van der Waals surface area contributed by atoms with Crippen molar-refractivity contribution in [3.63, 3.8) is 0 Å². The molecule has 0 aliphatic rings. The average Bonchev–Trinajstić information content (AvgIpc) is 2.44. The highest BCUT2D eigenvalue weighted by atomic mass is 16.5. The first-order chi connectivity index (χ1) is 10.2. The molecule has 0 bridgehead atoms. The van der Waals surface area contributed by atoms with E-state index in [1.165, 1.54) is 0 Å². The van der Waals surface area contributed by atoms with Gasteiger partial charge in [-0.2, -0.15) is 0 Å². The maximum Gasteiger partial charge on any atom is 0.317 e. The quantitative estimate of drug-likeness (QED) is 0.357. The topological polar surface area (TPSA) is 68.2 Å². The molecule has 1 N–H and O–H groups in total. The number of rotatable bonds is 15. The fourth-order valence-electron chi connectivity index (χ4n) is 1.52. The molecule has 0 spiro atoms. The van der Waals surface area contributed by atoms with Gasteiger partial charge in [-0.25, -0.2) is 0 Å². The number of aliphatic carboxylic acids is 1. The summed E-state index contributed by atoms with van der Waals surface area (Å²) < 4.78 is 16.1. The smallest absolute Gasteiger partial charge is 0.317 e. The number of terminal acetylenes is 1. The molecule has 0 heterocycles. The van der Waals surface area contributed by atoms with E-state index in [1.54, 1.807) is 4.90 Å². The fraction of sp³-hybridized carbons (Fsp3) is 0.800. The Morgan fingerprint density at radius 3 is 2.19 bits per heavy atom. The summed E-state index contributed by atoms with van der Waals surface area (Å²) in [6.07, 6.45) is 7.39. The lowest BCUT2D eigenvalue weighted by atomic mass is 10.4. The number of carboxylic acids is 1. The van der Waals surface area contributed by atoms with E-state index < -0.39 is 5.97 Å². The molecule has 0 radical (unpaired) electrons. The predicted octanol–water partition coefficient (Wildman–Crippen LogP) is 0.856. The van der Waals surface area contributed by atoms with Gasteiger partial charge in [0, 0.05) is 13.2 Å². The zero-order valence-electron chi connectivity index (χ0n) is 12.9. The van der Waals surface area contributed by atoms with Crippen LogP contribution < -0.4 is 0 Å². The molecule has 0 aliphatic heterocycles. The Morgan fingerprint density at radius 1 is 1.10 bits per heavy atom. The van der Waals surface area contributed by atoms with Crippen LogP contribution in [0.5, 0.6) is 0 Å². The molecule has 0 rings (SSSR count). The second-order valence-electron chi connectivity index (χ2n) is 4.50. The Labute approximate surface area is 127 Å². The monoisotopic (exact) mass is 301 g/mol.